The molecule has 0 radical (unpaired) electrons. The van der Waals surface area contributed by atoms with Gasteiger partial charge < -0.3 is 4.90 Å². The molecular weight excluding hydrogens is 342 g/mol. The van der Waals surface area contributed by atoms with Crippen LogP contribution in [0.1, 0.15) is 11.1 Å². The summed E-state index contributed by atoms with van der Waals surface area (Å²) >= 11 is 0. The molecule has 0 aliphatic carbocycles. The highest BCUT2D eigenvalue weighted by Gasteiger charge is 2.23. The summed E-state index contributed by atoms with van der Waals surface area (Å²) in [5.41, 5.74) is 4.27. The molecule has 0 N–H and O–H groups in total. The van der Waals surface area contributed by atoms with Gasteiger partial charge in [-0.3, -0.25) is 0 Å². The van der Waals surface area contributed by atoms with Gasteiger partial charge in [0.1, 0.15) is 0 Å². The maximum Gasteiger partial charge on any atom is 0.163 e. The highest BCUT2D eigenvalue weighted by molar-refractivity contribution is 6.19. The van der Waals surface area contributed by atoms with E-state index in [1.165, 1.54) is 10.8 Å². The van der Waals surface area contributed by atoms with Crippen molar-refractivity contribution >= 4 is 28.0 Å². The molecule has 0 unspecified atom stereocenters. The van der Waals surface area contributed by atoms with Crippen LogP contribution >= 0.6 is 0 Å². The topological polar surface area (TPSA) is 28.0 Å². The molecule has 0 aromatic heterocycles. The lowest BCUT2D eigenvalue weighted by atomic mass is 10.0. The number of nitrogens with zero attached hydrogens (tertiary/aromatic N) is 3. The molecule has 1 heterocycles. The monoisotopic (exact) mass is 361 g/mol. The van der Waals surface area contributed by atoms with E-state index in [1.54, 1.807) is 0 Å². The molecule has 1 aliphatic heterocycles. The van der Waals surface area contributed by atoms with Crippen molar-refractivity contribution in [2.24, 2.45) is 10.2 Å². The summed E-state index contributed by atoms with van der Waals surface area (Å²) in [6, 6.07) is 35.4. The average Bonchev–Trinajstić information content (AvgIpc) is 2.79. The summed E-state index contributed by atoms with van der Waals surface area (Å²) in [7, 11) is 0. The first kappa shape index (κ1) is 16.5. The lowest BCUT2D eigenvalue weighted by Gasteiger charge is -2.30. The molecule has 0 saturated carbocycles. The first-order chi connectivity index (χ1) is 13.9. The van der Waals surface area contributed by atoms with E-state index in [-0.39, 0.29) is 0 Å². The molecule has 0 fully saturated rings. The molecule has 1 aliphatic rings. The fourth-order valence-corrected chi connectivity index (χ4v) is 3.64. The molecule has 28 heavy (non-hydrogen) atoms. The van der Waals surface area contributed by atoms with Crippen molar-refractivity contribution in [2.75, 3.05) is 11.4 Å². The minimum atomic E-state index is 0.672. The fraction of sp³-hybridized carbons (Fsp3) is 0.0400. The quantitative estimate of drug-likeness (QED) is 0.473. The van der Waals surface area contributed by atoms with Crippen LogP contribution in [0.15, 0.2) is 113 Å². The first-order valence-corrected chi connectivity index (χ1v) is 9.41. The Labute approximate surface area is 164 Å². The maximum atomic E-state index is 4.65. The minimum absolute atomic E-state index is 0.672. The smallest absolute Gasteiger partial charge is 0.163 e. The Hall–Kier alpha value is -3.72. The van der Waals surface area contributed by atoms with Crippen molar-refractivity contribution in [1.29, 1.82) is 0 Å². The Morgan fingerprint density at radius 3 is 2.00 bits per heavy atom. The van der Waals surface area contributed by atoms with E-state index in [4.69, 9.17) is 0 Å². The van der Waals surface area contributed by atoms with Crippen LogP contribution in [0.5, 0.6) is 0 Å². The van der Waals surface area contributed by atoms with E-state index >= 15 is 0 Å². The van der Waals surface area contributed by atoms with Crippen LogP contribution in [0.2, 0.25) is 0 Å². The molecule has 0 spiro atoms. The molecule has 4 aromatic carbocycles. The molecule has 3 nitrogen and oxygen atoms in total. The Morgan fingerprint density at radius 2 is 1.21 bits per heavy atom. The predicted octanol–water partition coefficient (Wildman–Crippen LogP) is 5.51. The van der Waals surface area contributed by atoms with E-state index in [2.05, 4.69) is 81.8 Å². The van der Waals surface area contributed by atoms with Gasteiger partial charge in [0.15, 0.2) is 5.84 Å². The van der Waals surface area contributed by atoms with Crippen LogP contribution in [-0.2, 0) is 0 Å². The second-order valence-corrected chi connectivity index (χ2v) is 6.79. The number of anilines is 1. The van der Waals surface area contributed by atoms with Crippen LogP contribution in [0.4, 0.5) is 5.69 Å². The highest BCUT2D eigenvalue weighted by atomic mass is 15.3. The molecule has 0 atom stereocenters. The van der Waals surface area contributed by atoms with Gasteiger partial charge in [-0.15, -0.1) is 5.10 Å². The SMILES string of the molecule is c1ccc(C2=NN=C(c3ccccc3)N(c3cccc4ccccc34)C2)cc1. The van der Waals surface area contributed by atoms with Gasteiger partial charge in [-0.05, 0) is 17.0 Å². The predicted molar refractivity (Wildman–Crippen MR) is 117 cm³/mol. The summed E-state index contributed by atoms with van der Waals surface area (Å²) in [5.74, 6) is 0.872. The summed E-state index contributed by atoms with van der Waals surface area (Å²) in [4.78, 5) is 2.27. The number of hydrogen-bond donors (Lipinski definition) is 0. The van der Waals surface area contributed by atoms with Crippen molar-refractivity contribution < 1.29 is 0 Å². The fourth-order valence-electron chi connectivity index (χ4n) is 3.64. The molecule has 0 saturated heterocycles. The van der Waals surface area contributed by atoms with Gasteiger partial charge in [0.2, 0.25) is 0 Å². The Bertz CT molecular complexity index is 1170. The Morgan fingerprint density at radius 1 is 0.571 bits per heavy atom. The average molecular weight is 361 g/mol. The van der Waals surface area contributed by atoms with E-state index in [0.717, 1.165) is 28.4 Å². The summed E-state index contributed by atoms with van der Waals surface area (Å²) in [6.07, 6.45) is 0. The standard InChI is InChI=1S/C25H19N3/c1-3-11-20(12-4-1)23-18-28(25(27-26-23)21-13-5-2-6-14-21)24-17-9-15-19-10-7-8-16-22(19)24/h1-17H,18H2. The molecule has 3 heteroatoms. The molecule has 0 amide bonds. The van der Waals surface area contributed by atoms with Gasteiger partial charge in [-0.2, -0.15) is 5.10 Å². The minimum Gasteiger partial charge on any atom is -0.318 e. The summed E-state index contributed by atoms with van der Waals surface area (Å²) < 4.78 is 0. The van der Waals surface area contributed by atoms with Crippen molar-refractivity contribution in [2.45, 2.75) is 0 Å². The van der Waals surface area contributed by atoms with Crippen LogP contribution in [0.25, 0.3) is 10.8 Å². The summed E-state index contributed by atoms with van der Waals surface area (Å²) in [5, 5.41) is 11.7. The van der Waals surface area contributed by atoms with Gasteiger partial charge in [0.25, 0.3) is 0 Å². The second-order valence-electron chi connectivity index (χ2n) is 6.79. The Balaban J connectivity index is 1.68. The number of rotatable bonds is 3. The van der Waals surface area contributed by atoms with Crippen molar-refractivity contribution in [3.8, 4) is 0 Å². The molecular formula is C25H19N3. The van der Waals surface area contributed by atoms with Gasteiger partial charge in [-0.25, -0.2) is 0 Å². The van der Waals surface area contributed by atoms with Crippen molar-refractivity contribution in [3.05, 3.63) is 114 Å². The lowest BCUT2D eigenvalue weighted by molar-refractivity contribution is 1.06. The third-order valence-electron chi connectivity index (χ3n) is 5.03. The normalized spacial score (nSPS) is 13.9. The Kier molecular flexibility index (Phi) is 4.19. The van der Waals surface area contributed by atoms with Crippen LogP contribution < -0.4 is 4.90 Å². The highest BCUT2D eigenvalue weighted by Crippen LogP contribution is 2.29. The zero-order valence-corrected chi connectivity index (χ0v) is 15.4. The zero-order chi connectivity index (χ0) is 18.8. The third kappa shape index (κ3) is 2.97. The van der Waals surface area contributed by atoms with Crippen molar-refractivity contribution in [1.82, 2.24) is 0 Å². The molecule has 4 aromatic rings. The van der Waals surface area contributed by atoms with E-state index in [1.807, 2.05) is 36.4 Å². The summed E-state index contributed by atoms with van der Waals surface area (Å²) in [6.45, 7) is 0.672. The largest absolute Gasteiger partial charge is 0.318 e. The number of fused-ring (bicyclic) bond motifs is 1. The second kappa shape index (κ2) is 7.12. The van der Waals surface area contributed by atoms with E-state index in [9.17, 15) is 0 Å². The van der Waals surface area contributed by atoms with Crippen LogP contribution in [-0.4, -0.2) is 18.1 Å². The van der Waals surface area contributed by atoms with Crippen LogP contribution in [0.3, 0.4) is 0 Å². The van der Waals surface area contributed by atoms with Gasteiger partial charge in [-0.1, -0.05) is 97.1 Å². The molecule has 0 bridgehead atoms. The van der Waals surface area contributed by atoms with E-state index in [0.29, 0.717) is 6.54 Å². The van der Waals surface area contributed by atoms with Gasteiger partial charge >= 0.3 is 0 Å². The number of benzene rings is 4. The number of amidine groups is 1. The first-order valence-electron chi connectivity index (χ1n) is 9.41. The maximum absolute atomic E-state index is 4.65. The van der Waals surface area contributed by atoms with Gasteiger partial charge in [0, 0.05) is 10.9 Å². The zero-order valence-electron chi connectivity index (χ0n) is 15.4. The van der Waals surface area contributed by atoms with Gasteiger partial charge in [0.05, 0.1) is 17.9 Å². The molecule has 134 valence electrons. The van der Waals surface area contributed by atoms with Crippen LogP contribution in [0, 0.1) is 0 Å². The van der Waals surface area contributed by atoms with Crippen molar-refractivity contribution in [3.63, 3.8) is 0 Å². The molecule has 5 rings (SSSR count). The third-order valence-corrected chi connectivity index (χ3v) is 5.03. The van der Waals surface area contributed by atoms with E-state index < -0.39 is 0 Å². The lowest BCUT2D eigenvalue weighted by Crippen LogP contribution is -2.39. The number of hydrogen-bond acceptors (Lipinski definition) is 3.